The lowest BCUT2D eigenvalue weighted by molar-refractivity contribution is 0.0690. The summed E-state index contributed by atoms with van der Waals surface area (Å²) in [7, 11) is 0. The second kappa shape index (κ2) is 2.70. The van der Waals surface area contributed by atoms with Crippen molar-refractivity contribution in [3.05, 3.63) is 29.3 Å². The van der Waals surface area contributed by atoms with E-state index in [0.29, 0.717) is 0 Å². The van der Waals surface area contributed by atoms with E-state index in [-0.39, 0.29) is 16.6 Å². The third-order valence-corrected chi connectivity index (χ3v) is 1.84. The van der Waals surface area contributed by atoms with Crippen LogP contribution in [0.15, 0.2) is 18.5 Å². The fourth-order valence-corrected chi connectivity index (χ4v) is 1.21. The number of carboxylic acid groups (broad SMARTS) is 1. The first-order valence-electron chi connectivity index (χ1n) is 3.41. The summed E-state index contributed by atoms with van der Waals surface area (Å²) in [4.78, 5) is 18.2. The van der Waals surface area contributed by atoms with Crippen LogP contribution in [0.1, 0.15) is 10.5 Å². The molecule has 0 saturated carbocycles. The van der Waals surface area contributed by atoms with E-state index in [1.807, 2.05) is 0 Å². The molecule has 2 aromatic rings. The van der Waals surface area contributed by atoms with Gasteiger partial charge in [-0.25, -0.2) is 14.8 Å². The molecule has 0 spiro atoms. The number of carboxylic acids is 1. The minimum atomic E-state index is -1.12. The largest absolute Gasteiger partial charge is 0.477 e. The molecule has 13 heavy (non-hydrogen) atoms. The van der Waals surface area contributed by atoms with E-state index in [1.165, 1.54) is 16.7 Å². The third kappa shape index (κ3) is 1.23. The molecule has 5 nitrogen and oxygen atoms in total. The molecule has 0 aliphatic heterocycles. The second-order valence-electron chi connectivity index (χ2n) is 2.37. The Kier molecular flexibility index (Phi) is 1.66. The summed E-state index contributed by atoms with van der Waals surface area (Å²) in [5, 5.41) is 8.93. The Labute approximate surface area is 77.6 Å². The number of hydrogen-bond donors (Lipinski definition) is 1. The number of fused-ring (bicyclic) bond motifs is 1. The molecule has 0 aliphatic rings. The lowest BCUT2D eigenvalue weighted by Crippen LogP contribution is -2.03. The summed E-state index contributed by atoms with van der Waals surface area (Å²) < 4.78 is 1.49. The normalized spacial score (nSPS) is 10.5. The molecule has 0 saturated heterocycles. The van der Waals surface area contributed by atoms with Crippen molar-refractivity contribution in [2.45, 2.75) is 0 Å². The summed E-state index contributed by atoms with van der Waals surface area (Å²) in [6, 6.07) is 1.28. The highest BCUT2D eigenvalue weighted by molar-refractivity contribution is 6.30. The Morgan fingerprint density at radius 3 is 3.08 bits per heavy atom. The van der Waals surface area contributed by atoms with Crippen LogP contribution in [0.3, 0.4) is 0 Å². The number of rotatable bonds is 1. The van der Waals surface area contributed by atoms with Crippen LogP contribution in [0.25, 0.3) is 5.78 Å². The first-order chi connectivity index (χ1) is 6.18. The maximum absolute atomic E-state index is 10.6. The number of aromatic carboxylic acids is 1. The topological polar surface area (TPSA) is 67.5 Å². The SMILES string of the molecule is O=C(O)c1cc(Cl)n2ccnc2n1. The minimum absolute atomic E-state index is 0.108. The highest BCUT2D eigenvalue weighted by atomic mass is 35.5. The number of carbonyl (C=O) groups is 1. The zero-order valence-electron chi connectivity index (χ0n) is 6.31. The Morgan fingerprint density at radius 1 is 1.62 bits per heavy atom. The van der Waals surface area contributed by atoms with Gasteiger partial charge in [-0.15, -0.1) is 0 Å². The zero-order valence-corrected chi connectivity index (χ0v) is 7.06. The van der Waals surface area contributed by atoms with E-state index in [9.17, 15) is 4.79 Å². The number of nitrogens with zero attached hydrogens (tertiary/aromatic N) is 3. The predicted octanol–water partition coefficient (Wildman–Crippen LogP) is 1.08. The fraction of sp³-hybridized carbons (Fsp3) is 0. The molecule has 2 rings (SSSR count). The number of halogens is 1. The molecular weight excluding hydrogens is 194 g/mol. The Bertz CT molecular complexity index is 480. The van der Waals surface area contributed by atoms with Crippen LogP contribution in [-0.2, 0) is 0 Å². The van der Waals surface area contributed by atoms with Gasteiger partial charge in [-0.3, -0.25) is 4.40 Å². The van der Waals surface area contributed by atoms with E-state index < -0.39 is 5.97 Å². The van der Waals surface area contributed by atoms with Crippen molar-refractivity contribution in [1.82, 2.24) is 14.4 Å². The molecule has 6 heteroatoms. The molecule has 0 aromatic carbocycles. The summed E-state index contributed by atoms with van der Waals surface area (Å²) in [5.74, 6) is -0.836. The molecule has 0 radical (unpaired) electrons. The average Bonchev–Trinajstić information content (AvgIpc) is 2.51. The van der Waals surface area contributed by atoms with Crippen molar-refractivity contribution in [2.24, 2.45) is 0 Å². The van der Waals surface area contributed by atoms with Crippen LogP contribution >= 0.6 is 11.6 Å². The molecule has 0 fully saturated rings. The van der Waals surface area contributed by atoms with E-state index in [1.54, 1.807) is 6.20 Å². The lowest BCUT2D eigenvalue weighted by Gasteiger charge is -1.98. The Balaban J connectivity index is 2.77. The molecule has 2 heterocycles. The van der Waals surface area contributed by atoms with Gasteiger partial charge >= 0.3 is 5.97 Å². The van der Waals surface area contributed by atoms with Crippen molar-refractivity contribution >= 4 is 23.3 Å². The van der Waals surface area contributed by atoms with Crippen molar-refractivity contribution in [2.75, 3.05) is 0 Å². The quantitative estimate of drug-likeness (QED) is 0.695. The molecular formula is C7H4ClN3O2. The van der Waals surface area contributed by atoms with Gasteiger partial charge < -0.3 is 5.11 Å². The van der Waals surface area contributed by atoms with Gasteiger partial charge in [0, 0.05) is 18.5 Å². The fourth-order valence-electron chi connectivity index (χ4n) is 0.977. The van der Waals surface area contributed by atoms with Gasteiger partial charge in [0.2, 0.25) is 5.78 Å². The van der Waals surface area contributed by atoms with Crippen LogP contribution in [0.2, 0.25) is 5.15 Å². The summed E-state index contributed by atoms with van der Waals surface area (Å²) >= 11 is 5.77. The van der Waals surface area contributed by atoms with Gasteiger partial charge in [-0.1, -0.05) is 11.6 Å². The van der Waals surface area contributed by atoms with Gasteiger partial charge in [0.1, 0.15) is 5.15 Å². The van der Waals surface area contributed by atoms with Gasteiger partial charge in [0.25, 0.3) is 0 Å². The van der Waals surface area contributed by atoms with Crippen LogP contribution < -0.4 is 0 Å². The maximum atomic E-state index is 10.6. The number of aromatic nitrogens is 3. The summed E-state index contributed by atoms with van der Waals surface area (Å²) in [6.45, 7) is 0. The standard InChI is InChI=1S/C7H4ClN3O2/c8-5-3-4(6(12)13)10-7-9-1-2-11(5)7/h1-3H,(H,12,13). The average molecular weight is 198 g/mol. The van der Waals surface area contributed by atoms with Gasteiger partial charge in [-0.05, 0) is 0 Å². The van der Waals surface area contributed by atoms with Crippen LogP contribution in [0.5, 0.6) is 0 Å². The van der Waals surface area contributed by atoms with Crippen molar-refractivity contribution < 1.29 is 9.90 Å². The molecule has 0 bridgehead atoms. The minimum Gasteiger partial charge on any atom is -0.477 e. The van der Waals surface area contributed by atoms with Crippen molar-refractivity contribution in [3.63, 3.8) is 0 Å². The molecule has 1 N–H and O–H groups in total. The molecule has 0 atom stereocenters. The van der Waals surface area contributed by atoms with Gasteiger partial charge in [0.05, 0.1) is 0 Å². The molecule has 0 aliphatic carbocycles. The number of hydrogen-bond acceptors (Lipinski definition) is 3. The highest BCUT2D eigenvalue weighted by Crippen LogP contribution is 2.11. The third-order valence-electron chi connectivity index (χ3n) is 1.55. The van der Waals surface area contributed by atoms with Crippen LogP contribution in [0.4, 0.5) is 0 Å². The highest BCUT2D eigenvalue weighted by Gasteiger charge is 2.09. The Morgan fingerprint density at radius 2 is 2.38 bits per heavy atom. The van der Waals surface area contributed by atoms with Crippen LogP contribution in [0, 0.1) is 0 Å². The smallest absolute Gasteiger partial charge is 0.354 e. The lowest BCUT2D eigenvalue weighted by atomic mass is 10.4. The molecule has 0 amide bonds. The predicted molar refractivity (Wildman–Crippen MR) is 45.0 cm³/mol. The molecule has 66 valence electrons. The monoisotopic (exact) mass is 197 g/mol. The van der Waals surface area contributed by atoms with Gasteiger partial charge in [-0.2, -0.15) is 0 Å². The first kappa shape index (κ1) is 8.00. The van der Waals surface area contributed by atoms with E-state index in [4.69, 9.17) is 16.7 Å². The maximum Gasteiger partial charge on any atom is 0.354 e. The second-order valence-corrected chi connectivity index (χ2v) is 2.75. The summed E-state index contributed by atoms with van der Waals surface area (Å²) in [6.07, 6.45) is 3.11. The van der Waals surface area contributed by atoms with Crippen molar-refractivity contribution in [1.29, 1.82) is 0 Å². The van der Waals surface area contributed by atoms with Crippen LogP contribution in [-0.4, -0.2) is 25.4 Å². The molecule has 2 aromatic heterocycles. The number of imidazole rings is 1. The first-order valence-corrected chi connectivity index (χ1v) is 3.79. The summed E-state index contributed by atoms with van der Waals surface area (Å²) in [5.41, 5.74) is -0.108. The van der Waals surface area contributed by atoms with E-state index >= 15 is 0 Å². The van der Waals surface area contributed by atoms with Crippen molar-refractivity contribution in [3.8, 4) is 0 Å². The van der Waals surface area contributed by atoms with Gasteiger partial charge in [0.15, 0.2) is 5.69 Å². The van der Waals surface area contributed by atoms with E-state index in [0.717, 1.165) is 0 Å². The zero-order chi connectivity index (χ0) is 9.42. The van der Waals surface area contributed by atoms with E-state index in [2.05, 4.69) is 9.97 Å². The Hall–Kier alpha value is -1.62. The molecule has 0 unspecified atom stereocenters.